The van der Waals surface area contributed by atoms with Gasteiger partial charge in [-0.3, -0.25) is 9.59 Å². The van der Waals surface area contributed by atoms with Crippen LogP contribution in [0.2, 0.25) is 0 Å². The van der Waals surface area contributed by atoms with Crippen LogP contribution in [0.4, 0.5) is 18.9 Å². The molecule has 0 unspecified atom stereocenters. The number of aromatic amines is 1. The summed E-state index contributed by atoms with van der Waals surface area (Å²) in [4.78, 5) is 36.2. The van der Waals surface area contributed by atoms with Gasteiger partial charge in [0.1, 0.15) is 0 Å². The third kappa shape index (κ3) is 3.56. The van der Waals surface area contributed by atoms with Crippen molar-refractivity contribution in [3.05, 3.63) is 69.9 Å². The van der Waals surface area contributed by atoms with Gasteiger partial charge in [0.15, 0.2) is 29.2 Å². The number of fused-ring (bicyclic) bond motifs is 1. The van der Waals surface area contributed by atoms with E-state index in [-0.39, 0.29) is 16.5 Å². The quantitative estimate of drug-likeness (QED) is 0.526. The number of aromatic nitrogens is 2. The Morgan fingerprint density at radius 1 is 1.07 bits per heavy atom. The maximum absolute atomic E-state index is 13.6. The van der Waals surface area contributed by atoms with Crippen LogP contribution in [-0.4, -0.2) is 28.2 Å². The van der Waals surface area contributed by atoms with Crippen molar-refractivity contribution < 1.29 is 27.5 Å². The lowest BCUT2D eigenvalue weighted by Gasteiger charge is -2.14. The average molecular weight is 391 g/mol. The molecule has 10 heteroatoms. The standard InChI is InChI=1S/C18H12F3N3O4/c1-8(16(25)22-12-7-6-11(19)13(20)14(12)21)28-18(27)15-9-4-2-3-5-10(9)17(26)24-23-15/h2-8H,1H3,(H,22,25)(H,24,26)/t8-/m1/s1. The first-order valence-electron chi connectivity index (χ1n) is 7.92. The van der Waals surface area contributed by atoms with Crippen molar-refractivity contribution in [2.75, 3.05) is 5.32 Å². The Labute approximate surface area is 155 Å². The lowest BCUT2D eigenvalue weighted by molar-refractivity contribution is -0.123. The van der Waals surface area contributed by atoms with Gasteiger partial charge in [-0.1, -0.05) is 18.2 Å². The number of nitrogens with one attached hydrogen (secondary N) is 2. The summed E-state index contributed by atoms with van der Waals surface area (Å²) in [6.45, 7) is 1.19. The number of anilines is 1. The maximum Gasteiger partial charge on any atom is 0.360 e. The third-order valence-corrected chi connectivity index (χ3v) is 3.84. The third-order valence-electron chi connectivity index (χ3n) is 3.84. The fraction of sp³-hybridized carbons (Fsp3) is 0.111. The zero-order valence-corrected chi connectivity index (χ0v) is 14.3. The number of halogens is 3. The highest BCUT2D eigenvalue weighted by Crippen LogP contribution is 2.20. The van der Waals surface area contributed by atoms with E-state index >= 15 is 0 Å². The molecule has 0 spiro atoms. The fourth-order valence-corrected chi connectivity index (χ4v) is 2.40. The topological polar surface area (TPSA) is 101 Å². The van der Waals surface area contributed by atoms with Crippen molar-refractivity contribution >= 4 is 28.3 Å². The SMILES string of the molecule is C[C@@H](OC(=O)c1n[nH]c(=O)c2ccccc12)C(=O)Nc1ccc(F)c(F)c1F. The van der Waals surface area contributed by atoms with Crippen LogP contribution in [0, 0.1) is 17.5 Å². The van der Waals surface area contributed by atoms with E-state index in [9.17, 15) is 27.6 Å². The minimum Gasteiger partial charge on any atom is -0.448 e. The predicted molar refractivity (Wildman–Crippen MR) is 92.2 cm³/mol. The van der Waals surface area contributed by atoms with Gasteiger partial charge in [-0.05, 0) is 25.1 Å². The van der Waals surface area contributed by atoms with Crippen LogP contribution in [-0.2, 0) is 9.53 Å². The number of nitrogens with zero attached hydrogens (tertiary/aromatic N) is 1. The molecule has 144 valence electrons. The summed E-state index contributed by atoms with van der Waals surface area (Å²) in [5, 5.41) is 8.22. The molecule has 0 aliphatic carbocycles. The van der Waals surface area contributed by atoms with Crippen molar-refractivity contribution in [3.63, 3.8) is 0 Å². The first kappa shape index (κ1) is 19.1. The van der Waals surface area contributed by atoms with Gasteiger partial charge in [-0.15, -0.1) is 0 Å². The molecular formula is C18H12F3N3O4. The number of carbonyl (C=O) groups excluding carboxylic acids is 2. The van der Waals surface area contributed by atoms with Gasteiger partial charge < -0.3 is 10.1 Å². The summed E-state index contributed by atoms with van der Waals surface area (Å²) in [5.74, 6) is -6.73. The van der Waals surface area contributed by atoms with E-state index in [0.717, 1.165) is 6.07 Å². The number of carbonyl (C=O) groups is 2. The van der Waals surface area contributed by atoms with E-state index in [1.54, 1.807) is 12.1 Å². The second-order valence-corrected chi connectivity index (χ2v) is 5.71. The minimum absolute atomic E-state index is 0.199. The summed E-state index contributed by atoms with van der Waals surface area (Å²) in [6.07, 6.45) is -1.42. The molecule has 2 N–H and O–H groups in total. The fourth-order valence-electron chi connectivity index (χ4n) is 2.40. The summed E-state index contributed by atoms with van der Waals surface area (Å²) >= 11 is 0. The molecule has 0 aliphatic rings. The molecule has 28 heavy (non-hydrogen) atoms. The lowest BCUT2D eigenvalue weighted by Crippen LogP contribution is -2.31. The smallest absolute Gasteiger partial charge is 0.360 e. The van der Waals surface area contributed by atoms with Crippen LogP contribution in [0.25, 0.3) is 10.8 Å². The van der Waals surface area contributed by atoms with Gasteiger partial charge in [0.25, 0.3) is 11.5 Å². The molecule has 0 saturated carbocycles. The minimum atomic E-state index is -1.74. The molecule has 0 bridgehead atoms. The van der Waals surface area contributed by atoms with Gasteiger partial charge in [-0.25, -0.2) is 23.1 Å². The van der Waals surface area contributed by atoms with Crippen molar-refractivity contribution in [2.24, 2.45) is 0 Å². The predicted octanol–water partition coefficient (Wildman–Crippen LogP) is 2.52. The monoisotopic (exact) mass is 391 g/mol. The molecule has 1 heterocycles. The van der Waals surface area contributed by atoms with Crippen molar-refractivity contribution in [2.45, 2.75) is 13.0 Å². The van der Waals surface area contributed by atoms with E-state index in [4.69, 9.17) is 4.74 Å². The molecule has 1 atom stereocenters. The Balaban J connectivity index is 1.78. The summed E-state index contributed by atoms with van der Waals surface area (Å²) in [7, 11) is 0. The molecule has 1 amide bonds. The Morgan fingerprint density at radius 3 is 2.46 bits per heavy atom. The van der Waals surface area contributed by atoms with E-state index in [0.29, 0.717) is 6.07 Å². The number of esters is 1. The van der Waals surface area contributed by atoms with E-state index in [2.05, 4.69) is 10.2 Å². The number of rotatable bonds is 4. The Hall–Kier alpha value is -3.69. The zero-order valence-electron chi connectivity index (χ0n) is 14.3. The number of hydrogen-bond acceptors (Lipinski definition) is 5. The molecule has 0 saturated heterocycles. The average Bonchev–Trinajstić information content (AvgIpc) is 2.68. The Morgan fingerprint density at radius 2 is 1.75 bits per heavy atom. The highest BCUT2D eigenvalue weighted by Gasteiger charge is 2.24. The molecular weight excluding hydrogens is 379 g/mol. The molecule has 2 aromatic carbocycles. The largest absolute Gasteiger partial charge is 0.448 e. The molecule has 3 rings (SSSR count). The van der Waals surface area contributed by atoms with E-state index < -0.39 is 46.7 Å². The summed E-state index contributed by atoms with van der Waals surface area (Å²) in [5.41, 5.74) is -1.35. The second-order valence-electron chi connectivity index (χ2n) is 5.71. The van der Waals surface area contributed by atoms with Gasteiger partial charge in [0, 0.05) is 5.39 Å². The van der Waals surface area contributed by atoms with Crippen molar-refractivity contribution in [1.29, 1.82) is 0 Å². The molecule has 0 fully saturated rings. The summed E-state index contributed by atoms with van der Waals surface area (Å²) < 4.78 is 44.8. The Kier molecular flexibility index (Phi) is 5.12. The lowest BCUT2D eigenvalue weighted by atomic mass is 10.1. The van der Waals surface area contributed by atoms with Gasteiger partial charge in [0.05, 0.1) is 11.1 Å². The van der Waals surface area contributed by atoms with Crippen LogP contribution in [0.15, 0.2) is 41.2 Å². The molecule has 1 aromatic heterocycles. The van der Waals surface area contributed by atoms with E-state index in [1.165, 1.54) is 19.1 Å². The van der Waals surface area contributed by atoms with Crippen LogP contribution >= 0.6 is 0 Å². The second kappa shape index (κ2) is 7.51. The molecule has 3 aromatic rings. The number of hydrogen-bond donors (Lipinski definition) is 2. The zero-order chi connectivity index (χ0) is 20.4. The number of H-pyrrole nitrogens is 1. The van der Waals surface area contributed by atoms with Gasteiger partial charge >= 0.3 is 5.97 Å². The van der Waals surface area contributed by atoms with Crippen LogP contribution in [0.1, 0.15) is 17.4 Å². The highest BCUT2D eigenvalue weighted by molar-refractivity contribution is 6.03. The van der Waals surface area contributed by atoms with Gasteiger partial charge in [-0.2, -0.15) is 5.10 Å². The Bertz CT molecular complexity index is 1150. The maximum atomic E-state index is 13.6. The van der Waals surface area contributed by atoms with E-state index in [1.807, 2.05) is 5.32 Å². The number of ether oxygens (including phenoxy) is 1. The number of amides is 1. The normalized spacial score (nSPS) is 11.9. The molecule has 0 aliphatic heterocycles. The first-order valence-corrected chi connectivity index (χ1v) is 7.92. The van der Waals surface area contributed by atoms with Crippen molar-refractivity contribution in [1.82, 2.24) is 10.2 Å². The van der Waals surface area contributed by atoms with Crippen molar-refractivity contribution in [3.8, 4) is 0 Å². The molecule has 7 nitrogen and oxygen atoms in total. The number of benzene rings is 2. The van der Waals surface area contributed by atoms with Crippen LogP contribution in [0.3, 0.4) is 0 Å². The summed E-state index contributed by atoms with van der Waals surface area (Å²) in [6, 6.07) is 7.61. The van der Waals surface area contributed by atoms with Gasteiger partial charge in [0.2, 0.25) is 0 Å². The first-order chi connectivity index (χ1) is 13.3. The van der Waals surface area contributed by atoms with Crippen LogP contribution in [0.5, 0.6) is 0 Å². The highest BCUT2D eigenvalue weighted by atomic mass is 19.2. The molecule has 0 radical (unpaired) electrons. The van der Waals surface area contributed by atoms with Crippen LogP contribution < -0.4 is 10.9 Å².